The van der Waals surface area contributed by atoms with Crippen LogP contribution in [0.4, 0.5) is 0 Å². The molecule has 3 aromatic rings. The molecule has 1 aliphatic rings. The van der Waals surface area contributed by atoms with Gasteiger partial charge >= 0.3 is 0 Å². The van der Waals surface area contributed by atoms with Crippen molar-refractivity contribution in [2.45, 2.75) is 51.9 Å². The molecule has 1 N–H and O–H groups in total. The van der Waals surface area contributed by atoms with Gasteiger partial charge in [-0.2, -0.15) is 0 Å². The van der Waals surface area contributed by atoms with Crippen molar-refractivity contribution in [2.75, 3.05) is 13.1 Å². The highest BCUT2D eigenvalue weighted by molar-refractivity contribution is 5.89. The van der Waals surface area contributed by atoms with Gasteiger partial charge in [-0.05, 0) is 67.7 Å². The number of carbonyl (C=O) groups is 1. The third-order valence-electron chi connectivity index (χ3n) is 6.29. The van der Waals surface area contributed by atoms with E-state index in [4.69, 9.17) is 0 Å². The summed E-state index contributed by atoms with van der Waals surface area (Å²) in [5.74, 6) is 0.918. The summed E-state index contributed by atoms with van der Waals surface area (Å²) in [6.45, 7) is 6.10. The van der Waals surface area contributed by atoms with Gasteiger partial charge in [0.1, 0.15) is 0 Å². The van der Waals surface area contributed by atoms with Crippen LogP contribution in [0.15, 0.2) is 48.7 Å². The molecule has 1 amide bonds. The fourth-order valence-corrected chi connectivity index (χ4v) is 4.62. The van der Waals surface area contributed by atoms with Crippen molar-refractivity contribution in [3.63, 3.8) is 0 Å². The van der Waals surface area contributed by atoms with Crippen molar-refractivity contribution in [3.8, 4) is 0 Å². The van der Waals surface area contributed by atoms with Gasteiger partial charge in [0.25, 0.3) is 0 Å². The van der Waals surface area contributed by atoms with Crippen LogP contribution in [-0.2, 0) is 11.2 Å². The van der Waals surface area contributed by atoms with E-state index in [-0.39, 0.29) is 0 Å². The standard InChI is InChI=1S/C25H30N2O/c1-18-11-12-19(2)25-24(18)22(17-26-25)9-6-10-23(28)27-15-13-21(14-16-27)20-7-4-3-5-8-20/h3-5,7-8,11-12,17,21,26H,6,9-10,13-16H2,1-2H3. The van der Waals surface area contributed by atoms with Crippen LogP contribution in [-0.4, -0.2) is 28.9 Å². The average molecular weight is 375 g/mol. The second-order valence-corrected chi connectivity index (χ2v) is 8.18. The molecule has 146 valence electrons. The van der Waals surface area contributed by atoms with Crippen molar-refractivity contribution >= 4 is 16.8 Å². The molecule has 3 nitrogen and oxygen atoms in total. The monoisotopic (exact) mass is 374 g/mol. The lowest BCUT2D eigenvalue weighted by atomic mass is 9.89. The molecule has 0 saturated carbocycles. The molecule has 1 fully saturated rings. The highest BCUT2D eigenvalue weighted by Gasteiger charge is 2.23. The van der Waals surface area contributed by atoms with Gasteiger partial charge in [-0.25, -0.2) is 0 Å². The first-order valence-corrected chi connectivity index (χ1v) is 10.5. The topological polar surface area (TPSA) is 36.1 Å². The number of rotatable bonds is 5. The van der Waals surface area contributed by atoms with Crippen LogP contribution in [0.1, 0.15) is 53.9 Å². The maximum absolute atomic E-state index is 12.7. The number of aromatic nitrogens is 1. The van der Waals surface area contributed by atoms with Crippen LogP contribution in [0.3, 0.4) is 0 Å². The first-order chi connectivity index (χ1) is 13.6. The molecule has 1 aliphatic heterocycles. The molecular weight excluding hydrogens is 344 g/mol. The van der Waals surface area contributed by atoms with Crippen LogP contribution in [0.25, 0.3) is 10.9 Å². The third-order valence-corrected chi connectivity index (χ3v) is 6.29. The number of benzene rings is 2. The molecular formula is C25H30N2O. The number of likely N-dealkylation sites (tertiary alicyclic amines) is 1. The summed E-state index contributed by atoms with van der Waals surface area (Å²) in [6.07, 6.45) is 6.80. The maximum Gasteiger partial charge on any atom is 0.222 e. The summed E-state index contributed by atoms with van der Waals surface area (Å²) < 4.78 is 0. The smallest absolute Gasteiger partial charge is 0.222 e. The lowest BCUT2D eigenvalue weighted by molar-refractivity contribution is -0.132. The minimum Gasteiger partial charge on any atom is -0.361 e. The Hall–Kier alpha value is -2.55. The van der Waals surface area contributed by atoms with Gasteiger partial charge in [-0.3, -0.25) is 4.79 Å². The van der Waals surface area contributed by atoms with Gasteiger partial charge in [0.2, 0.25) is 5.91 Å². The zero-order chi connectivity index (χ0) is 19.5. The number of amides is 1. The second kappa shape index (κ2) is 8.22. The first kappa shape index (κ1) is 18.8. The van der Waals surface area contributed by atoms with E-state index in [9.17, 15) is 4.79 Å². The number of nitrogens with zero attached hydrogens (tertiary/aromatic N) is 1. The molecule has 2 aromatic carbocycles. The van der Waals surface area contributed by atoms with E-state index in [0.29, 0.717) is 18.2 Å². The molecule has 0 radical (unpaired) electrons. The van der Waals surface area contributed by atoms with Crippen molar-refractivity contribution < 1.29 is 4.79 Å². The minimum absolute atomic E-state index is 0.319. The number of H-pyrrole nitrogens is 1. The normalized spacial score (nSPS) is 15.3. The molecule has 0 bridgehead atoms. The molecule has 0 spiro atoms. The number of fused-ring (bicyclic) bond motifs is 1. The second-order valence-electron chi connectivity index (χ2n) is 8.18. The summed E-state index contributed by atoms with van der Waals surface area (Å²) in [5.41, 5.74) is 6.59. The minimum atomic E-state index is 0.319. The summed E-state index contributed by atoms with van der Waals surface area (Å²) in [4.78, 5) is 18.2. The zero-order valence-corrected chi connectivity index (χ0v) is 17.0. The third kappa shape index (κ3) is 3.84. The molecule has 0 unspecified atom stereocenters. The number of nitrogens with one attached hydrogen (secondary N) is 1. The summed E-state index contributed by atoms with van der Waals surface area (Å²) in [6, 6.07) is 15.1. The van der Waals surface area contributed by atoms with Gasteiger partial charge < -0.3 is 9.88 Å². The van der Waals surface area contributed by atoms with E-state index < -0.39 is 0 Å². The Bertz CT molecular complexity index is 949. The van der Waals surface area contributed by atoms with E-state index in [1.165, 1.54) is 33.2 Å². The summed E-state index contributed by atoms with van der Waals surface area (Å²) in [5, 5.41) is 1.34. The Morgan fingerprint density at radius 1 is 1.04 bits per heavy atom. The number of aryl methyl sites for hydroxylation is 3. The van der Waals surface area contributed by atoms with Crippen molar-refractivity contribution in [1.29, 1.82) is 0 Å². The number of piperidine rings is 1. The van der Waals surface area contributed by atoms with E-state index in [0.717, 1.165) is 38.8 Å². The molecule has 1 saturated heterocycles. The van der Waals surface area contributed by atoms with Crippen LogP contribution < -0.4 is 0 Å². The molecule has 0 aliphatic carbocycles. The zero-order valence-electron chi connectivity index (χ0n) is 17.0. The van der Waals surface area contributed by atoms with Crippen LogP contribution >= 0.6 is 0 Å². The van der Waals surface area contributed by atoms with Crippen molar-refractivity contribution in [2.24, 2.45) is 0 Å². The van der Waals surface area contributed by atoms with E-state index >= 15 is 0 Å². The predicted molar refractivity (Wildman–Crippen MR) is 116 cm³/mol. The predicted octanol–water partition coefficient (Wildman–Crippen LogP) is 5.51. The quantitative estimate of drug-likeness (QED) is 0.628. The fourth-order valence-electron chi connectivity index (χ4n) is 4.62. The lowest BCUT2D eigenvalue weighted by Gasteiger charge is -2.32. The molecule has 2 heterocycles. The van der Waals surface area contributed by atoms with E-state index in [1.54, 1.807) is 0 Å². The summed E-state index contributed by atoms with van der Waals surface area (Å²) >= 11 is 0. The molecule has 3 heteroatoms. The van der Waals surface area contributed by atoms with Gasteiger partial charge in [0.15, 0.2) is 0 Å². The Kier molecular flexibility index (Phi) is 5.52. The Morgan fingerprint density at radius 2 is 1.75 bits per heavy atom. The van der Waals surface area contributed by atoms with Gasteiger partial charge in [0, 0.05) is 36.6 Å². The molecule has 28 heavy (non-hydrogen) atoms. The first-order valence-electron chi connectivity index (χ1n) is 10.5. The Labute approximate surface area is 167 Å². The fraction of sp³-hybridized carbons (Fsp3) is 0.400. The molecule has 1 aromatic heterocycles. The molecule has 0 atom stereocenters. The van der Waals surface area contributed by atoms with E-state index in [2.05, 4.69) is 72.4 Å². The van der Waals surface area contributed by atoms with Crippen molar-refractivity contribution in [3.05, 3.63) is 70.9 Å². The van der Waals surface area contributed by atoms with Gasteiger partial charge in [-0.1, -0.05) is 42.5 Å². The van der Waals surface area contributed by atoms with E-state index in [1.807, 2.05) is 0 Å². The maximum atomic E-state index is 12.7. The Morgan fingerprint density at radius 3 is 2.50 bits per heavy atom. The van der Waals surface area contributed by atoms with Crippen LogP contribution in [0.2, 0.25) is 0 Å². The number of hydrogen-bond acceptors (Lipinski definition) is 1. The summed E-state index contributed by atoms with van der Waals surface area (Å²) in [7, 11) is 0. The SMILES string of the molecule is Cc1ccc(C)c2c(CCCC(=O)N3CCC(c4ccccc4)CC3)c[nH]c12. The highest BCUT2D eigenvalue weighted by atomic mass is 16.2. The van der Waals surface area contributed by atoms with Gasteiger partial charge in [0.05, 0.1) is 0 Å². The average Bonchev–Trinajstić information content (AvgIpc) is 3.17. The van der Waals surface area contributed by atoms with Crippen LogP contribution in [0, 0.1) is 13.8 Å². The number of carbonyl (C=O) groups excluding carboxylic acids is 1. The van der Waals surface area contributed by atoms with Gasteiger partial charge in [-0.15, -0.1) is 0 Å². The number of hydrogen-bond donors (Lipinski definition) is 1. The number of aromatic amines is 1. The van der Waals surface area contributed by atoms with Crippen molar-refractivity contribution in [1.82, 2.24) is 9.88 Å². The lowest BCUT2D eigenvalue weighted by Crippen LogP contribution is -2.37. The Balaban J connectivity index is 1.29. The molecule has 4 rings (SSSR count). The largest absolute Gasteiger partial charge is 0.361 e. The highest BCUT2D eigenvalue weighted by Crippen LogP contribution is 2.29. The van der Waals surface area contributed by atoms with Crippen LogP contribution in [0.5, 0.6) is 0 Å².